The minimum absolute atomic E-state index is 0.0205. The zero-order chi connectivity index (χ0) is 24.9. The smallest absolute Gasteiger partial charge is 0.338 e. The molecule has 2 amide bonds. The Labute approximate surface area is 202 Å². The van der Waals surface area contributed by atoms with Gasteiger partial charge in [0.25, 0.3) is 17.5 Å². The van der Waals surface area contributed by atoms with Crippen molar-refractivity contribution in [2.45, 2.75) is 19.8 Å². The molecule has 2 fully saturated rings. The number of carbonyl (C=O) groups is 3. The van der Waals surface area contributed by atoms with E-state index in [0.717, 1.165) is 25.9 Å². The normalized spacial score (nSPS) is 18.3. The van der Waals surface area contributed by atoms with Crippen molar-refractivity contribution in [2.24, 2.45) is 5.92 Å². The molecule has 2 aliphatic rings. The molecule has 35 heavy (non-hydrogen) atoms. The van der Waals surface area contributed by atoms with Crippen LogP contribution in [0.1, 0.15) is 40.7 Å². The Morgan fingerprint density at radius 1 is 1.11 bits per heavy atom. The van der Waals surface area contributed by atoms with Crippen LogP contribution in [-0.2, 0) is 9.53 Å². The molecule has 3 heterocycles. The Morgan fingerprint density at radius 3 is 2.51 bits per heavy atom. The topological polar surface area (TPSA) is 126 Å². The van der Waals surface area contributed by atoms with Crippen molar-refractivity contribution in [3.05, 3.63) is 58.0 Å². The van der Waals surface area contributed by atoms with Crippen LogP contribution >= 0.6 is 0 Å². The molecule has 1 aromatic carbocycles. The molecule has 0 radical (unpaired) electrons. The van der Waals surface area contributed by atoms with E-state index in [9.17, 15) is 24.5 Å². The fourth-order valence-electron chi connectivity index (χ4n) is 4.49. The number of hydrogen-bond acceptors (Lipinski definition) is 8. The number of anilines is 1. The van der Waals surface area contributed by atoms with E-state index in [1.807, 2.05) is 4.90 Å². The average Bonchev–Trinajstić information content (AvgIpc) is 3.41. The molecular weight excluding hydrogens is 456 g/mol. The van der Waals surface area contributed by atoms with Gasteiger partial charge in [-0.05, 0) is 43.0 Å². The second-order valence-corrected chi connectivity index (χ2v) is 8.88. The van der Waals surface area contributed by atoms with Crippen LogP contribution in [0, 0.1) is 16.0 Å². The van der Waals surface area contributed by atoms with Gasteiger partial charge >= 0.3 is 5.97 Å². The first-order chi connectivity index (χ1) is 16.8. The van der Waals surface area contributed by atoms with Crippen molar-refractivity contribution >= 4 is 29.2 Å². The van der Waals surface area contributed by atoms with Crippen LogP contribution in [0.5, 0.6) is 0 Å². The third-order valence-electron chi connectivity index (χ3n) is 6.38. The molecule has 4 rings (SSSR count). The molecule has 2 aromatic rings. The van der Waals surface area contributed by atoms with Crippen LogP contribution in [0.2, 0.25) is 0 Å². The van der Waals surface area contributed by atoms with Crippen molar-refractivity contribution in [3.63, 3.8) is 0 Å². The van der Waals surface area contributed by atoms with Gasteiger partial charge in [0.15, 0.2) is 12.4 Å². The summed E-state index contributed by atoms with van der Waals surface area (Å²) in [6.45, 7) is 4.35. The lowest BCUT2D eigenvalue weighted by molar-refractivity contribution is -0.384. The minimum atomic E-state index is -0.799. The minimum Gasteiger partial charge on any atom is -0.459 e. The Kier molecular flexibility index (Phi) is 7.33. The van der Waals surface area contributed by atoms with Crippen LogP contribution in [0.15, 0.2) is 41.0 Å². The molecule has 0 aliphatic carbocycles. The maximum Gasteiger partial charge on any atom is 0.338 e. The van der Waals surface area contributed by atoms with E-state index in [2.05, 4.69) is 6.92 Å². The second kappa shape index (κ2) is 10.6. The lowest BCUT2D eigenvalue weighted by atomic mass is 9.99. The Morgan fingerprint density at radius 2 is 1.86 bits per heavy atom. The highest BCUT2D eigenvalue weighted by Gasteiger charge is 2.28. The molecule has 1 atom stereocenters. The SMILES string of the molecule is C[C@H]1CCCN(c2ccc(C(=O)OCC(=O)N3CCN(C(=O)c4ccco4)CC3)cc2[N+](=O)[O-])C1. The number of piperidine rings is 1. The average molecular weight is 485 g/mol. The van der Waals surface area contributed by atoms with Crippen LogP contribution in [-0.4, -0.2) is 78.4 Å². The molecule has 11 nitrogen and oxygen atoms in total. The predicted octanol–water partition coefficient (Wildman–Crippen LogP) is 2.57. The molecule has 0 N–H and O–H groups in total. The molecular formula is C24H28N4O7. The van der Waals surface area contributed by atoms with E-state index in [4.69, 9.17) is 9.15 Å². The lowest BCUT2D eigenvalue weighted by Gasteiger charge is -2.34. The van der Waals surface area contributed by atoms with E-state index < -0.39 is 23.4 Å². The summed E-state index contributed by atoms with van der Waals surface area (Å²) >= 11 is 0. The molecule has 186 valence electrons. The number of ether oxygens (including phenoxy) is 1. The van der Waals surface area contributed by atoms with Gasteiger partial charge in [-0.3, -0.25) is 19.7 Å². The number of rotatable bonds is 6. The third kappa shape index (κ3) is 5.61. The summed E-state index contributed by atoms with van der Waals surface area (Å²) in [7, 11) is 0. The van der Waals surface area contributed by atoms with Crippen molar-refractivity contribution in [3.8, 4) is 0 Å². The fraction of sp³-hybridized carbons (Fsp3) is 0.458. The van der Waals surface area contributed by atoms with E-state index in [0.29, 0.717) is 37.8 Å². The second-order valence-electron chi connectivity index (χ2n) is 8.88. The number of furan rings is 1. The number of benzene rings is 1. The first kappa shape index (κ1) is 24.2. The molecule has 2 saturated heterocycles. The zero-order valence-corrected chi connectivity index (χ0v) is 19.6. The van der Waals surface area contributed by atoms with Crippen molar-refractivity contribution in [1.82, 2.24) is 9.80 Å². The largest absolute Gasteiger partial charge is 0.459 e. The quantitative estimate of drug-likeness (QED) is 0.348. The van der Waals surface area contributed by atoms with Crippen molar-refractivity contribution in [1.29, 1.82) is 0 Å². The highest BCUT2D eigenvalue weighted by molar-refractivity contribution is 5.93. The van der Waals surface area contributed by atoms with Gasteiger partial charge in [-0.15, -0.1) is 0 Å². The monoisotopic (exact) mass is 484 g/mol. The maximum atomic E-state index is 12.5. The number of esters is 1. The van der Waals surface area contributed by atoms with Crippen LogP contribution < -0.4 is 4.90 Å². The molecule has 0 saturated carbocycles. The highest BCUT2D eigenvalue weighted by atomic mass is 16.6. The Bertz CT molecular complexity index is 1090. The number of nitro benzene ring substituents is 1. The number of carbonyl (C=O) groups excluding carboxylic acids is 3. The lowest BCUT2D eigenvalue weighted by Crippen LogP contribution is -2.51. The van der Waals surface area contributed by atoms with Crippen LogP contribution in [0.25, 0.3) is 0 Å². The Balaban J connectivity index is 1.32. The summed E-state index contributed by atoms with van der Waals surface area (Å²) in [5.41, 5.74) is 0.348. The first-order valence-corrected chi connectivity index (χ1v) is 11.6. The van der Waals surface area contributed by atoms with Gasteiger partial charge in [-0.2, -0.15) is 0 Å². The predicted molar refractivity (Wildman–Crippen MR) is 125 cm³/mol. The number of nitrogens with zero attached hydrogens (tertiary/aromatic N) is 4. The summed E-state index contributed by atoms with van der Waals surface area (Å²) < 4.78 is 10.3. The molecule has 0 unspecified atom stereocenters. The maximum absolute atomic E-state index is 12.5. The summed E-state index contributed by atoms with van der Waals surface area (Å²) in [6, 6.07) is 7.50. The molecule has 11 heteroatoms. The molecule has 0 spiro atoms. The van der Waals surface area contributed by atoms with Gasteiger partial charge in [0, 0.05) is 45.3 Å². The summed E-state index contributed by atoms with van der Waals surface area (Å²) in [5.74, 6) is -0.751. The number of hydrogen-bond donors (Lipinski definition) is 0. The third-order valence-corrected chi connectivity index (χ3v) is 6.38. The summed E-state index contributed by atoms with van der Waals surface area (Å²) in [5, 5.41) is 11.7. The summed E-state index contributed by atoms with van der Waals surface area (Å²) in [6.07, 6.45) is 3.46. The van der Waals surface area contributed by atoms with Gasteiger partial charge in [-0.25, -0.2) is 4.79 Å². The molecule has 0 bridgehead atoms. The van der Waals surface area contributed by atoms with E-state index in [-0.39, 0.29) is 22.9 Å². The van der Waals surface area contributed by atoms with Crippen molar-refractivity contribution in [2.75, 3.05) is 50.8 Å². The van der Waals surface area contributed by atoms with Gasteiger partial charge in [0.2, 0.25) is 0 Å². The fourth-order valence-corrected chi connectivity index (χ4v) is 4.49. The van der Waals surface area contributed by atoms with E-state index in [1.54, 1.807) is 23.1 Å². The van der Waals surface area contributed by atoms with Gasteiger partial charge in [-0.1, -0.05) is 6.92 Å². The number of piperazine rings is 1. The first-order valence-electron chi connectivity index (χ1n) is 11.6. The van der Waals surface area contributed by atoms with Gasteiger partial charge < -0.3 is 23.9 Å². The van der Waals surface area contributed by atoms with Crippen LogP contribution in [0.3, 0.4) is 0 Å². The summed E-state index contributed by atoms with van der Waals surface area (Å²) in [4.78, 5) is 53.6. The standard InChI is InChI=1S/C24H28N4O7/c1-17-4-2-8-27(15-17)19-7-6-18(14-20(19)28(32)33)24(31)35-16-22(29)25-9-11-26(12-10-25)23(30)21-5-3-13-34-21/h3,5-7,13-14,17H,2,4,8-12,15-16H2,1H3/t17-/m0/s1. The number of amides is 2. The van der Waals surface area contributed by atoms with E-state index >= 15 is 0 Å². The molecule has 2 aliphatic heterocycles. The van der Waals surface area contributed by atoms with Crippen molar-refractivity contribution < 1.29 is 28.5 Å². The van der Waals surface area contributed by atoms with E-state index in [1.165, 1.54) is 23.3 Å². The Hall–Kier alpha value is -3.89. The van der Waals surface area contributed by atoms with Gasteiger partial charge in [0.05, 0.1) is 16.7 Å². The zero-order valence-electron chi connectivity index (χ0n) is 19.6. The van der Waals surface area contributed by atoms with Gasteiger partial charge in [0.1, 0.15) is 5.69 Å². The molecule has 1 aromatic heterocycles. The highest BCUT2D eigenvalue weighted by Crippen LogP contribution is 2.32. The number of nitro groups is 1. The van der Waals surface area contributed by atoms with Crippen LogP contribution in [0.4, 0.5) is 11.4 Å².